The first kappa shape index (κ1) is 20.9. The van der Waals surface area contributed by atoms with Crippen LogP contribution in [-0.4, -0.2) is 61.2 Å². The first-order valence-electron chi connectivity index (χ1n) is 9.83. The number of aliphatic hydroxyl groups is 1. The zero-order valence-electron chi connectivity index (χ0n) is 17.2. The number of aryl methyl sites for hydroxylation is 1. The highest BCUT2D eigenvalue weighted by molar-refractivity contribution is 5.76. The standard InChI is InChI=1S/C22H36N2O2/c1-22(2,3)20-11-9-17(10-12-20)7-6-8-21(26)24-14-18(13-23(4)5)19(15-24)16-25/h9-12,18-19,25H,6-8,13-16H2,1-5H3/t18-,19-/m1/s1. The molecule has 0 aromatic heterocycles. The van der Waals surface area contributed by atoms with Gasteiger partial charge < -0.3 is 14.9 Å². The molecule has 146 valence electrons. The second kappa shape index (κ2) is 9.01. The lowest BCUT2D eigenvalue weighted by molar-refractivity contribution is -0.130. The van der Waals surface area contributed by atoms with E-state index in [9.17, 15) is 9.90 Å². The van der Waals surface area contributed by atoms with Crippen molar-refractivity contribution in [2.75, 3.05) is 40.3 Å². The van der Waals surface area contributed by atoms with Crippen molar-refractivity contribution in [2.24, 2.45) is 11.8 Å². The highest BCUT2D eigenvalue weighted by atomic mass is 16.3. The molecule has 0 aliphatic carbocycles. The van der Waals surface area contributed by atoms with Crippen LogP contribution in [0.1, 0.15) is 44.7 Å². The lowest BCUT2D eigenvalue weighted by Crippen LogP contribution is -2.30. The van der Waals surface area contributed by atoms with E-state index in [0.29, 0.717) is 18.9 Å². The molecule has 2 atom stereocenters. The molecule has 1 aliphatic rings. The number of hydrogen-bond acceptors (Lipinski definition) is 3. The maximum Gasteiger partial charge on any atom is 0.222 e. The Labute approximate surface area is 159 Å². The van der Waals surface area contributed by atoms with Crippen LogP contribution in [0.3, 0.4) is 0 Å². The van der Waals surface area contributed by atoms with Gasteiger partial charge in [-0.1, -0.05) is 45.0 Å². The summed E-state index contributed by atoms with van der Waals surface area (Å²) in [5.41, 5.74) is 2.82. The van der Waals surface area contributed by atoms with Crippen molar-refractivity contribution in [1.29, 1.82) is 0 Å². The van der Waals surface area contributed by atoms with Crippen LogP contribution in [0.4, 0.5) is 0 Å². The summed E-state index contributed by atoms with van der Waals surface area (Å²) in [5, 5.41) is 9.60. The largest absolute Gasteiger partial charge is 0.396 e. The monoisotopic (exact) mass is 360 g/mol. The van der Waals surface area contributed by atoms with Crippen LogP contribution in [0.2, 0.25) is 0 Å². The van der Waals surface area contributed by atoms with Gasteiger partial charge in [0.05, 0.1) is 0 Å². The summed E-state index contributed by atoms with van der Waals surface area (Å²) in [4.78, 5) is 16.6. The molecule has 0 radical (unpaired) electrons. The summed E-state index contributed by atoms with van der Waals surface area (Å²) < 4.78 is 0. The molecule has 1 aromatic carbocycles. The van der Waals surface area contributed by atoms with E-state index < -0.39 is 0 Å². The van der Waals surface area contributed by atoms with Gasteiger partial charge in [0.2, 0.25) is 5.91 Å². The van der Waals surface area contributed by atoms with E-state index in [-0.39, 0.29) is 23.8 Å². The van der Waals surface area contributed by atoms with E-state index in [4.69, 9.17) is 0 Å². The number of nitrogens with zero attached hydrogens (tertiary/aromatic N) is 2. The molecule has 1 amide bonds. The fourth-order valence-electron chi connectivity index (χ4n) is 3.80. The first-order chi connectivity index (χ1) is 12.2. The molecule has 26 heavy (non-hydrogen) atoms. The smallest absolute Gasteiger partial charge is 0.222 e. The molecular weight excluding hydrogens is 324 g/mol. The van der Waals surface area contributed by atoms with Crippen molar-refractivity contribution >= 4 is 5.91 Å². The van der Waals surface area contributed by atoms with Crippen molar-refractivity contribution < 1.29 is 9.90 Å². The average Bonchev–Trinajstić information content (AvgIpc) is 2.96. The van der Waals surface area contributed by atoms with Crippen molar-refractivity contribution in [1.82, 2.24) is 9.80 Å². The molecular formula is C22H36N2O2. The lowest BCUT2D eigenvalue weighted by atomic mass is 9.86. The van der Waals surface area contributed by atoms with Crippen molar-refractivity contribution in [2.45, 2.75) is 45.4 Å². The second-order valence-corrected chi connectivity index (χ2v) is 9.06. The van der Waals surface area contributed by atoms with Gasteiger partial charge in [0, 0.05) is 38.6 Å². The van der Waals surface area contributed by atoms with Gasteiger partial charge in [-0.05, 0) is 49.4 Å². The second-order valence-electron chi connectivity index (χ2n) is 9.06. The third-order valence-corrected chi connectivity index (χ3v) is 5.44. The van der Waals surface area contributed by atoms with Crippen LogP contribution in [0.25, 0.3) is 0 Å². The van der Waals surface area contributed by atoms with Crippen LogP contribution >= 0.6 is 0 Å². The Bertz CT molecular complexity index is 575. The molecule has 1 heterocycles. The zero-order chi connectivity index (χ0) is 19.3. The summed E-state index contributed by atoms with van der Waals surface area (Å²) in [6.07, 6.45) is 2.41. The number of rotatable bonds is 7. The van der Waals surface area contributed by atoms with Gasteiger partial charge in [-0.25, -0.2) is 0 Å². The number of likely N-dealkylation sites (tertiary alicyclic amines) is 1. The maximum atomic E-state index is 12.5. The van der Waals surface area contributed by atoms with Gasteiger partial charge >= 0.3 is 0 Å². The Balaban J connectivity index is 1.80. The molecule has 0 unspecified atom stereocenters. The van der Waals surface area contributed by atoms with E-state index in [2.05, 4.69) is 49.9 Å². The van der Waals surface area contributed by atoms with Crippen LogP contribution in [0.5, 0.6) is 0 Å². The van der Waals surface area contributed by atoms with Gasteiger partial charge in [0.25, 0.3) is 0 Å². The molecule has 4 heteroatoms. The van der Waals surface area contributed by atoms with E-state index in [0.717, 1.165) is 25.9 Å². The van der Waals surface area contributed by atoms with Gasteiger partial charge in [0.1, 0.15) is 0 Å². The topological polar surface area (TPSA) is 43.8 Å². The Hall–Kier alpha value is -1.39. The molecule has 1 aliphatic heterocycles. The number of aliphatic hydroxyl groups excluding tert-OH is 1. The SMILES string of the molecule is CN(C)C[C@@H]1CN(C(=O)CCCc2ccc(C(C)(C)C)cc2)C[C@@H]1CO. The number of carbonyl (C=O) groups excluding carboxylic acids is 1. The summed E-state index contributed by atoms with van der Waals surface area (Å²) in [5.74, 6) is 0.825. The zero-order valence-corrected chi connectivity index (χ0v) is 17.2. The summed E-state index contributed by atoms with van der Waals surface area (Å²) in [7, 11) is 4.09. The molecule has 4 nitrogen and oxygen atoms in total. The Morgan fingerprint density at radius 3 is 2.31 bits per heavy atom. The molecule has 1 aromatic rings. The quantitative estimate of drug-likeness (QED) is 0.813. The van der Waals surface area contributed by atoms with Crippen LogP contribution in [0.15, 0.2) is 24.3 Å². The fourth-order valence-corrected chi connectivity index (χ4v) is 3.80. The Kier molecular flexibility index (Phi) is 7.24. The van der Waals surface area contributed by atoms with Crippen LogP contribution in [-0.2, 0) is 16.6 Å². The Morgan fingerprint density at radius 1 is 1.15 bits per heavy atom. The third kappa shape index (κ3) is 5.82. The van der Waals surface area contributed by atoms with Gasteiger partial charge in [-0.15, -0.1) is 0 Å². The molecule has 0 saturated carbocycles. The number of carbonyl (C=O) groups is 1. The lowest BCUT2D eigenvalue weighted by Gasteiger charge is -2.20. The maximum absolute atomic E-state index is 12.5. The summed E-state index contributed by atoms with van der Waals surface area (Å²) >= 11 is 0. The summed E-state index contributed by atoms with van der Waals surface area (Å²) in [6, 6.07) is 8.79. The van der Waals surface area contributed by atoms with Crippen molar-refractivity contribution in [3.05, 3.63) is 35.4 Å². The van der Waals surface area contributed by atoms with E-state index >= 15 is 0 Å². The van der Waals surface area contributed by atoms with Crippen LogP contribution < -0.4 is 0 Å². The Morgan fingerprint density at radius 2 is 1.77 bits per heavy atom. The molecule has 1 N–H and O–H groups in total. The van der Waals surface area contributed by atoms with Crippen LogP contribution in [0, 0.1) is 11.8 Å². The first-order valence-corrected chi connectivity index (χ1v) is 9.83. The molecule has 1 fully saturated rings. The average molecular weight is 361 g/mol. The van der Waals surface area contributed by atoms with E-state index in [1.807, 2.05) is 19.0 Å². The minimum absolute atomic E-state index is 0.169. The highest BCUT2D eigenvalue weighted by Gasteiger charge is 2.34. The fraction of sp³-hybridized carbons (Fsp3) is 0.682. The normalized spacial score (nSPS) is 20.8. The van der Waals surface area contributed by atoms with Gasteiger partial charge in [0.15, 0.2) is 0 Å². The third-order valence-electron chi connectivity index (χ3n) is 5.44. The van der Waals surface area contributed by atoms with Gasteiger partial charge in [-0.2, -0.15) is 0 Å². The van der Waals surface area contributed by atoms with Crippen molar-refractivity contribution in [3.63, 3.8) is 0 Å². The summed E-state index contributed by atoms with van der Waals surface area (Å²) in [6.45, 7) is 9.24. The minimum atomic E-state index is 0.169. The minimum Gasteiger partial charge on any atom is -0.396 e. The molecule has 0 spiro atoms. The molecule has 1 saturated heterocycles. The molecule has 0 bridgehead atoms. The number of amides is 1. The number of benzene rings is 1. The van der Waals surface area contributed by atoms with Crippen molar-refractivity contribution in [3.8, 4) is 0 Å². The van der Waals surface area contributed by atoms with Gasteiger partial charge in [-0.3, -0.25) is 4.79 Å². The van der Waals surface area contributed by atoms with E-state index in [1.165, 1.54) is 11.1 Å². The predicted molar refractivity (Wildman–Crippen MR) is 107 cm³/mol. The predicted octanol–water partition coefficient (Wildman–Crippen LogP) is 2.94. The van der Waals surface area contributed by atoms with E-state index in [1.54, 1.807) is 0 Å². The molecule has 2 rings (SSSR count). The number of hydrogen-bond donors (Lipinski definition) is 1. The highest BCUT2D eigenvalue weighted by Crippen LogP contribution is 2.25.